The van der Waals surface area contributed by atoms with Gasteiger partial charge in [-0.3, -0.25) is 9.59 Å². The van der Waals surface area contributed by atoms with E-state index >= 15 is 0 Å². The summed E-state index contributed by atoms with van der Waals surface area (Å²) in [6.07, 6.45) is 2.51. The third kappa shape index (κ3) is 3.47. The smallest absolute Gasteiger partial charge is 0.247 e. The second-order valence-electron chi connectivity index (χ2n) is 6.02. The summed E-state index contributed by atoms with van der Waals surface area (Å²) in [6.45, 7) is 10.5. The third-order valence-electron chi connectivity index (χ3n) is 3.80. The molecule has 2 atom stereocenters. The lowest BCUT2D eigenvalue weighted by Gasteiger charge is -2.34. The molecule has 1 aliphatic heterocycles. The Balaban J connectivity index is 2.80. The van der Waals surface area contributed by atoms with E-state index in [-0.39, 0.29) is 17.9 Å². The van der Waals surface area contributed by atoms with Gasteiger partial charge in [-0.2, -0.15) is 0 Å². The van der Waals surface area contributed by atoms with Crippen LogP contribution in [0.5, 0.6) is 0 Å². The van der Waals surface area contributed by atoms with Crippen LogP contribution < -0.4 is 5.32 Å². The summed E-state index contributed by atoms with van der Waals surface area (Å²) < 4.78 is 0. The Bertz CT molecular complexity index is 326. The van der Waals surface area contributed by atoms with Crippen molar-refractivity contribution in [2.45, 2.75) is 65.5 Å². The van der Waals surface area contributed by atoms with Crippen molar-refractivity contribution in [3.8, 4) is 0 Å². The predicted octanol–water partition coefficient (Wildman–Crippen LogP) is 1.94. The van der Waals surface area contributed by atoms with Crippen molar-refractivity contribution in [2.75, 3.05) is 6.54 Å². The molecule has 0 saturated carbocycles. The van der Waals surface area contributed by atoms with E-state index in [9.17, 15) is 9.59 Å². The summed E-state index contributed by atoms with van der Waals surface area (Å²) in [5.74, 6) is 0.596. The van der Waals surface area contributed by atoms with Crippen LogP contribution in [-0.2, 0) is 9.59 Å². The minimum Gasteiger partial charge on any atom is -0.342 e. The fourth-order valence-electron chi connectivity index (χ4n) is 2.44. The molecule has 104 valence electrons. The van der Waals surface area contributed by atoms with Gasteiger partial charge in [0.15, 0.2) is 0 Å². The Hall–Kier alpha value is -1.06. The highest BCUT2D eigenvalue weighted by molar-refractivity contribution is 5.92. The molecule has 18 heavy (non-hydrogen) atoms. The maximum absolute atomic E-state index is 12.4. The predicted molar refractivity (Wildman–Crippen MR) is 72.1 cm³/mol. The lowest BCUT2D eigenvalue weighted by atomic mass is 9.97. The fourth-order valence-corrected chi connectivity index (χ4v) is 2.44. The Morgan fingerprint density at radius 2 is 1.94 bits per heavy atom. The van der Waals surface area contributed by atoms with Gasteiger partial charge in [-0.15, -0.1) is 0 Å². The van der Waals surface area contributed by atoms with Gasteiger partial charge in [0, 0.05) is 19.0 Å². The molecule has 1 heterocycles. The van der Waals surface area contributed by atoms with Crippen LogP contribution in [0, 0.1) is 5.92 Å². The van der Waals surface area contributed by atoms with Gasteiger partial charge in [0.25, 0.3) is 0 Å². The van der Waals surface area contributed by atoms with Crippen LogP contribution in [-0.4, -0.2) is 34.8 Å². The Kier molecular flexibility index (Phi) is 4.77. The molecule has 2 amide bonds. The topological polar surface area (TPSA) is 49.4 Å². The molecule has 0 bridgehead atoms. The Morgan fingerprint density at radius 1 is 1.33 bits per heavy atom. The first-order valence-corrected chi connectivity index (χ1v) is 6.90. The molecule has 2 unspecified atom stereocenters. The highest BCUT2D eigenvalue weighted by Crippen LogP contribution is 2.20. The standard InChI is InChI=1S/C14H26N2O2/c1-6-10(2)9-11(3)16-8-7-12(17)15-14(4,5)13(16)18/h10-11H,6-9H2,1-5H3,(H,15,17). The van der Waals surface area contributed by atoms with Gasteiger partial charge in [-0.25, -0.2) is 0 Å². The summed E-state index contributed by atoms with van der Waals surface area (Å²) in [5, 5.41) is 2.79. The highest BCUT2D eigenvalue weighted by Gasteiger charge is 2.38. The van der Waals surface area contributed by atoms with Crippen molar-refractivity contribution in [1.82, 2.24) is 10.2 Å². The van der Waals surface area contributed by atoms with E-state index in [0.29, 0.717) is 18.9 Å². The van der Waals surface area contributed by atoms with Crippen LogP contribution in [0.4, 0.5) is 0 Å². The summed E-state index contributed by atoms with van der Waals surface area (Å²) in [5.41, 5.74) is -0.780. The summed E-state index contributed by atoms with van der Waals surface area (Å²) >= 11 is 0. The van der Waals surface area contributed by atoms with Gasteiger partial charge >= 0.3 is 0 Å². The fraction of sp³-hybridized carbons (Fsp3) is 0.857. The lowest BCUT2D eigenvalue weighted by Crippen LogP contribution is -2.54. The number of amides is 2. The van der Waals surface area contributed by atoms with Gasteiger partial charge in [0.1, 0.15) is 5.54 Å². The van der Waals surface area contributed by atoms with Crippen molar-refractivity contribution in [2.24, 2.45) is 5.92 Å². The number of carbonyl (C=O) groups is 2. The molecule has 4 nitrogen and oxygen atoms in total. The van der Waals surface area contributed by atoms with E-state index < -0.39 is 5.54 Å². The normalized spacial score (nSPS) is 23.3. The van der Waals surface area contributed by atoms with Crippen LogP contribution in [0.1, 0.15) is 53.9 Å². The van der Waals surface area contributed by atoms with Gasteiger partial charge < -0.3 is 10.2 Å². The molecule has 0 spiro atoms. The number of rotatable bonds is 4. The minimum atomic E-state index is -0.780. The minimum absolute atomic E-state index is 0.0316. The quantitative estimate of drug-likeness (QED) is 0.833. The summed E-state index contributed by atoms with van der Waals surface area (Å²) in [4.78, 5) is 25.9. The molecule has 1 aliphatic rings. The monoisotopic (exact) mass is 254 g/mol. The van der Waals surface area contributed by atoms with Gasteiger partial charge in [0.05, 0.1) is 0 Å². The van der Waals surface area contributed by atoms with Crippen molar-refractivity contribution in [3.05, 3.63) is 0 Å². The van der Waals surface area contributed by atoms with Gasteiger partial charge in [0.2, 0.25) is 11.8 Å². The molecule has 1 N–H and O–H groups in total. The number of hydrogen-bond donors (Lipinski definition) is 1. The molecule has 1 fully saturated rings. The number of nitrogens with one attached hydrogen (secondary N) is 1. The third-order valence-corrected chi connectivity index (χ3v) is 3.80. The van der Waals surface area contributed by atoms with Crippen LogP contribution >= 0.6 is 0 Å². The van der Waals surface area contributed by atoms with Crippen molar-refractivity contribution < 1.29 is 9.59 Å². The first-order chi connectivity index (χ1) is 8.27. The largest absolute Gasteiger partial charge is 0.342 e. The van der Waals surface area contributed by atoms with E-state index in [1.165, 1.54) is 0 Å². The van der Waals surface area contributed by atoms with Gasteiger partial charge in [-0.05, 0) is 33.1 Å². The molecular weight excluding hydrogens is 228 g/mol. The maximum atomic E-state index is 12.4. The van der Waals surface area contributed by atoms with Crippen LogP contribution in [0.2, 0.25) is 0 Å². The van der Waals surface area contributed by atoms with Crippen LogP contribution in [0.15, 0.2) is 0 Å². The summed E-state index contributed by atoms with van der Waals surface area (Å²) in [7, 11) is 0. The SMILES string of the molecule is CCC(C)CC(C)N1CCC(=O)NC(C)(C)C1=O. The highest BCUT2D eigenvalue weighted by atomic mass is 16.2. The van der Waals surface area contributed by atoms with E-state index in [0.717, 1.165) is 12.8 Å². The first-order valence-electron chi connectivity index (χ1n) is 6.90. The lowest BCUT2D eigenvalue weighted by molar-refractivity contribution is -0.139. The molecule has 0 radical (unpaired) electrons. The molecule has 0 aromatic rings. The molecule has 0 aromatic heterocycles. The second-order valence-corrected chi connectivity index (χ2v) is 6.02. The zero-order chi connectivity index (χ0) is 13.9. The molecule has 0 aliphatic carbocycles. The zero-order valence-electron chi connectivity index (χ0n) is 12.2. The zero-order valence-corrected chi connectivity index (χ0v) is 12.2. The molecule has 0 aromatic carbocycles. The number of carbonyl (C=O) groups excluding carboxylic acids is 2. The van der Waals surface area contributed by atoms with Crippen molar-refractivity contribution >= 4 is 11.8 Å². The van der Waals surface area contributed by atoms with Gasteiger partial charge in [-0.1, -0.05) is 20.3 Å². The van der Waals surface area contributed by atoms with E-state index in [4.69, 9.17) is 0 Å². The Labute approximate surface area is 110 Å². The average molecular weight is 254 g/mol. The van der Waals surface area contributed by atoms with E-state index in [1.54, 1.807) is 13.8 Å². The number of nitrogens with zero attached hydrogens (tertiary/aromatic N) is 1. The van der Waals surface area contributed by atoms with Crippen LogP contribution in [0.3, 0.4) is 0 Å². The second kappa shape index (κ2) is 5.72. The van der Waals surface area contributed by atoms with Crippen LogP contribution in [0.25, 0.3) is 0 Å². The van der Waals surface area contributed by atoms with Crippen molar-refractivity contribution in [3.63, 3.8) is 0 Å². The molecule has 4 heteroatoms. The molecule has 1 rings (SSSR count). The molecular formula is C14H26N2O2. The average Bonchev–Trinajstić information content (AvgIpc) is 2.36. The van der Waals surface area contributed by atoms with E-state index in [2.05, 4.69) is 26.1 Å². The first kappa shape index (κ1) is 15.0. The van der Waals surface area contributed by atoms with E-state index in [1.807, 2.05) is 4.90 Å². The van der Waals surface area contributed by atoms with Crippen molar-refractivity contribution in [1.29, 1.82) is 0 Å². The Morgan fingerprint density at radius 3 is 2.50 bits per heavy atom. The number of hydrogen-bond acceptors (Lipinski definition) is 2. The molecule has 1 saturated heterocycles. The summed E-state index contributed by atoms with van der Waals surface area (Å²) in [6, 6.07) is 0.194. The maximum Gasteiger partial charge on any atom is 0.247 e.